The number of ether oxygens (including phenoxy) is 3. The summed E-state index contributed by atoms with van der Waals surface area (Å²) in [6.07, 6.45) is 1.00. The summed E-state index contributed by atoms with van der Waals surface area (Å²) in [6.45, 7) is -0.466. The average molecular weight is 429 g/mol. The monoisotopic (exact) mass is 428 g/mol. The standard InChI is InChI=1S/C18H21ClN2O6S/c1-25-13-6-8-17(27-3)15(10-13)21(28(4,23)24)11-18(22)20-12-5-7-16(26-2)14(19)9-12/h5-10H,11H2,1-4H3,(H,20,22). The molecule has 0 aliphatic rings. The van der Waals surface area contributed by atoms with E-state index in [1.54, 1.807) is 24.3 Å². The van der Waals surface area contributed by atoms with Crippen LogP contribution in [0.5, 0.6) is 17.2 Å². The maximum atomic E-state index is 12.5. The van der Waals surface area contributed by atoms with E-state index in [0.717, 1.165) is 10.6 Å². The van der Waals surface area contributed by atoms with Gasteiger partial charge >= 0.3 is 0 Å². The molecule has 0 aromatic heterocycles. The fourth-order valence-corrected chi connectivity index (χ4v) is 3.56. The lowest BCUT2D eigenvalue weighted by molar-refractivity contribution is -0.114. The normalized spacial score (nSPS) is 10.9. The van der Waals surface area contributed by atoms with Crippen LogP contribution in [0.15, 0.2) is 36.4 Å². The van der Waals surface area contributed by atoms with E-state index in [2.05, 4.69) is 5.32 Å². The summed E-state index contributed by atoms with van der Waals surface area (Å²) in [7, 11) is 0.549. The fraction of sp³-hybridized carbons (Fsp3) is 0.278. The second kappa shape index (κ2) is 9.03. The number of halogens is 1. The Morgan fingerprint density at radius 3 is 2.21 bits per heavy atom. The van der Waals surface area contributed by atoms with Crippen LogP contribution in [-0.4, -0.2) is 48.5 Å². The van der Waals surface area contributed by atoms with Gasteiger partial charge in [0, 0.05) is 11.8 Å². The molecule has 1 N–H and O–H groups in total. The maximum Gasteiger partial charge on any atom is 0.245 e. The smallest absolute Gasteiger partial charge is 0.245 e. The summed E-state index contributed by atoms with van der Waals surface area (Å²) >= 11 is 6.05. The lowest BCUT2D eigenvalue weighted by atomic mass is 10.2. The Morgan fingerprint density at radius 2 is 1.68 bits per heavy atom. The van der Waals surface area contributed by atoms with E-state index in [4.69, 9.17) is 25.8 Å². The van der Waals surface area contributed by atoms with Crippen molar-refractivity contribution in [2.24, 2.45) is 0 Å². The summed E-state index contributed by atoms with van der Waals surface area (Å²) in [5, 5.41) is 2.93. The number of anilines is 2. The van der Waals surface area contributed by atoms with E-state index >= 15 is 0 Å². The third-order valence-electron chi connectivity index (χ3n) is 3.78. The van der Waals surface area contributed by atoms with Crippen LogP contribution in [0.1, 0.15) is 0 Å². The van der Waals surface area contributed by atoms with Crippen molar-refractivity contribution in [3.05, 3.63) is 41.4 Å². The minimum atomic E-state index is -3.79. The molecule has 2 aromatic rings. The van der Waals surface area contributed by atoms with Crippen LogP contribution in [0.4, 0.5) is 11.4 Å². The quantitative estimate of drug-likeness (QED) is 0.694. The molecule has 152 valence electrons. The first-order chi connectivity index (χ1) is 13.2. The Morgan fingerprint density at radius 1 is 1.04 bits per heavy atom. The van der Waals surface area contributed by atoms with Gasteiger partial charge in [-0.2, -0.15) is 0 Å². The number of hydrogen-bond acceptors (Lipinski definition) is 6. The van der Waals surface area contributed by atoms with Gasteiger partial charge in [-0.15, -0.1) is 0 Å². The average Bonchev–Trinajstić information content (AvgIpc) is 2.65. The molecule has 0 bridgehead atoms. The number of carbonyl (C=O) groups is 1. The lowest BCUT2D eigenvalue weighted by Gasteiger charge is -2.24. The van der Waals surface area contributed by atoms with Gasteiger partial charge < -0.3 is 19.5 Å². The molecule has 8 nitrogen and oxygen atoms in total. The fourth-order valence-electron chi connectivity index (χ4n) is 2.45. The topological polar surface area (TPSA) is 94.2 Å². The molecule has 0 spiro atoms. The Balaban J connectivity index is 2.31. The molecule has 2 aromatic carbocycles. The van der Waals surface area contributed by atoms with E-state index in [1.807, 2.05) is 0 Å². The summed E-state index contributed by atoms with van der Waals surface area (Å²) in [6, 6.07) is 9.37. The van der Waals surface area contributed by atoms with E-state index in [-0.39, 0.29) is 11.4 Å². The molecule has 0 unspecified atom stereocenters. The summed E-state index contributed by atoms with van der Waals surface area (Å²) in [5.41, 5.74) is 0.592. The van der Waals surface area contributed by atoms with E-state index < -0.39 is 22.5 Å². The van der Waals surface area contributed by atoms with Crippen molar-refractivity contribution >= 4 is 38.9 Å². The molecule has 0 aliphatic heterocycles. The summed E-state index contributed by atoms with van der Waals surface area (Å²) in [5.74, 6) is 0.605. The van der Waals surface area contributed by atoms with Gasteiger partial charge in [-0.3, -0.25) is 9.10 Å². The van der Waals surface area contributed by atoms with Crippen LogP contribution < -0.4 is 23.8 Å². The molecule has 28 heavy (non-hydrogen) atoms. The van der Waals surface area contributed by atoms with Crippen molar-refractivity contribution in [1.82, 2.24) is 0 Å². The van der Waals surface area contributed by atoms with Crippen molar-refractivity contribution in [1.29, 1.82) is 0 Å². The molecule has 2 rings (SSSR count). The van der Waals surface area contributed by atoms with Crippen molar-refractivity contribution < 1.29 is 27.4 Å². The lowest BCUT2D eigenvalue weighted by Crippen LogP contribution is -2.37. The van der Waals surface area contributed by atoms with Crippen molar-refractivity contribution in [2.75, 3.05) is 43.8 Å². The molecule has 0 heterocycles. The number of sulfonamides is 1. The maximum absolute atomic E-state index is 12.5. The molecule has 0 aliphatic carbocycles. The van der Waals surface area contributed by atoms with Gasteiger partial charge in [0.15, 0.2) is 0 Å². The van der Waals surface area contributed by atoms with Gasteiger partial charge in [0.2, 0.25) is 15.9 Å². The predicted octanol–water partition coefficient (Wildman–Crippen LogP) is 2.77. The Bertz CT molecular complexity index is 965. The van der Waals surface area contributed by atoms with Gasteiger partial charge in [0.25, 0.3) is 0 Å². The zero-order valence-corrected chi connectivity index (χ0v) is 17.4. The number of amides is 1. The third kappa shape index (κ3) is 5.20. The first kappa shape index (κ1) is 21.6. The van der Waals surface area contributed by atoms with Gasteiger partial charge in [-0.1, -0.05) is 11.6 Å². The molecule has 10 heteroatoms. The summed E-state index contributed by atoms with van der Waals surface area (Å²) < 4.78 is 41.1. The molecule has 0 saturated heterocycles. The zero-order valence-electron chi connectivity index (χ0n) is 15.9. The van der Waals surface area contributed by atoms with Crippen LogP contribution in [0.3, 0.4) is 0 Å². The highest BCUT2D eigenvalue weighted by Gasteiger charge is 2.25. The van der Waals surface area contributed by atoms with Crippen molar-refractivity contribution in [2.45, 2.75) is 0 Å². The second-order valence-corrected chi connectivity index (χ2v) is 8.02. The number of carbonyl (C=O) groups excluding carboxylic acids is 1. The van der Waals surface area contributed by atoms with E-state index in [0.29, 0.717) is 22.2 Å². The van der Waals surface area contributed by atoms with Crippen molar-refractivity contribution in [3.63, 3.8) is 0 Å². The molecule has 0 radical (unpaired) electrons. The highest BCUT2D eigenvalue weighted by Crippen LogP contribution is 2.34. The number of hydrogen-bond donors (Lipinski definition) is 1. The molecule has 1 amide bonds. The summed E-state index contributed by atoms with van der Waals surface area (Å²) in [4.78, 5) is 12.5. The SMILES string of the molecule is COc1ccc(OC)c(N(CC(=O)Nc2ccc(OC)c(Cl)c2)S(C)(=O)=O)c1. The van der Waals surface area contributed by atoms with Gasteiger partial charge in [-0.25, -0.2) is 8.42 Å². The minimum Gasteiger partial charge on any atom is -0.497 e. The zero-order chi connectivity index (χ0) is 20.9. The van der Waals surface area contributed by atoms with E-state index in [1.165, 1.54) is 33.5 Å². The number of methoxy groups -OCH3 is 3. The first-order valence-corrected chi connectivity index (χ1v) is 10.3. The molecule has 0 atom stereocenters. The third-order valence-corrected chi connectivity index (χ3v) is 5.20. The van der Waals surface area contributed by atoms with E-state index in [9.17, 15) is 13.2 Å². The molecular formula is C18H21ClN2O6S. The Kier molecular flexibility index (Phi) is 6.98. The number of nitrogens with zero attached hydrogens (tertiary/aromatic N) is 1. The highest BCUT2D eigenvalue weighted by molar-refractivity contribution is 7.92. The number of benzene rings is 2. The largest absolute Gasteiger partial charge is 0.497 e. The van der Waals surface area contributed by atoms with Crippen LogP contribution in [-0.2, 0) is 14.8 Å². The molecule has 0 saturated carbocycles. The molecular weight excluding hydrogens is 408 g/mol. The van der Waals surface area contributed by atoms with Crippen molar-refractivity contribution in [3.8, 4) is 17.2 Å². The van der Waals surface area contributed by atoms with Gasteiger partial charge in [-0.05, 0) is 30.3 Å². The minimum absolute atomic E-state index is 0.187. The first-order valence-electron chi connectivity index (χ1n) is 8.02. The van der Waals surface area contributed by atoms with Gasteiger partial charge in [0.05, 0.1) is 38.3 Å². The van der Waals surface area contributed by atoms with Gasteiger partial charge in [0.1, 0.15) is 23.8 Å². The number of rotatable bonds is 8. The number of nitrogens with one attached hydrogen (secondary N) is 1. The Labute approximate surface area is 169 Å². The predicted molar refractivity (Wildman–Crippen MR) is 108 cm³/mol. The molecule has 0 fully saturated rings. The van der Waals surface area contributed by atoms with Crippen LogP contribution in [0.25, 0.3) is 0 Å². The van der Waals surface area contributed by atoms with Crippen LogP contribution in [0, 0.1) is 0 Å². The van der Waals surface area contributed by atoms with Crippen LogP contribution >= 0.6 is 11.6 Å². The Hall–Kier alpha value is -2.65. The highest BCUT2D eigenvalue weighted by atomic mass is 35.5. The second-order valence-electron chi connectivity index (χ2n) is 5.70. The van der Waals surface area contributed by atoms with Crippen LogP contribution in [0.2, 0.25) is 5.02 Å².